The summed E-state index contributed by atoms with van der Waals surface area (Å²) in [5.74, 6) is -3.46. The van der Waals surface area contributed by atoms with Crippen LogP contribution in [0, 0.1) is 12.8 Å². The minimum Gasteiger partial charge on any atom is -0.480 e. The van der Waals surface area contributed by atoms with Crippen molar-refractivity contribution in [2.24, 2.45) is 5.92 Å². The molecule has 0 aliphatic heterocycles. The van der Waals surface area contributed by atoms with Crippen LogP contribution in [0.25, 0.3) is 0 Å². The van der Waals surface area contributed by atoms with Crippen molar-refractivity contribution < 1.29 is 42.2 Å². The molecule has 14 nitrogen and oxygen atoms in total. The molecule has 2 aliphatic carbocycles. The molecule has 6 rings (SSSR count). The lowest BCUT2D eigenvalue weighted by molar-refractivity contribution is -0.154. The number of anilines is 3. The van der Waals surface area contributed by atoms with Gasteiger partial charge in [0, 0.05) is 29.4 Å². The van der Waals surface area contributed by atoms with Gasteiger partial charge in [0.25, 0.3) is 5.91 Å². The van der Waals surface area contributed by atoms with Gasteiger partial charge >= 0.3 is 30.0 Å². The van der Waals surface area contributed by atoms with Crippen LogP contribution < -0.4 is 31.3 Å². The van der Waals surface area contributed by atoms with E-state index in [4.69, 9.17) is 16.3 Å². The van der Waals surface area contributed by atoms with E-state index >= 15 is 0 Å². The molecule has 0 saturated heterocycles. The van der Waals surface area contributed by atoms with Gasteiger partial charge in [0.15, 0.2) is 6.61 Å². The number of carboxylic acid groups (broad SMARTS) is 1. The number of hydrogen-bond acceptors (Lipinski definition) is 10. The zero-order valence-corrected chi connectivity index (χ0v) is 30.7. The minimum atomic E-state index is -4.64. The number of rotatable bonds is 16. The number of ether oxygens (including phenoxy) is 1. The van der Waals surface area contributed by atoms with Crippen LogP contribution in [0.4, 0.5) is 30.8 Å². The van der Waals surface area contributed by atoms with Crippen molar-refractivity contribution in [1.29, 1.82) is 0 Å². The topological polar surface area (TPSA) is 197 Å². The van der Waals surface area contributed by atoms with Gasteiger partial charge in [-0.1, -0.05) is 53.6 Å². The maximum atomic E-state index is 13.0. The van der Waals surface area contributed by atoms with Crippen LogP contribution in [0.1, 0.15) is 58.6 Å². The third kappa shape index (κ3) is 10.8. The smallest absolute Gasteiger partial charge is 0.422 e. The molecule has 0 spiro atoms. The summed E-state index contributed by atoms with van der Waals surface area (Å²) in [5.41, 5.74) is 3.09. The molecule has 0 radical (unpaired) electrons. The van der Waals surface area contributed by atoms with Gasteiger partial charge in [-0.25, -0.2) is 4.79 Å². The van der Waals surface area contributed by atoms with Gasteiger partial charge in [0.1, 0.15) is 6.04 Å². The van der Waals surface area contributed by atoms with Crippen molar-refractivity contribution in [3.63, 3.8) is 0 Å². The number of nitrogens with zero attached hydrogens (tertiary/aromatic N) is 3. The Morgan fingerprint density at radius 3 is 2.30 bits per heavy atom. The third-order valence-corrected chi connectivity index (χ3v) is 9.58. The van der Waals surface area contributed by atoms with Crippen molar-refractivity contribution in [3.05, 3.63) is 100 Å². The molecule has 2 saturated carbocycles. The van der Waals surface area contributed by atoms with Gasteiger partial charge in [-0.2, -0.15) is 28.1 Å². The fourth-order valence-electron chi connectivity index (χ4n) is 6.10. The van der Waals surface area contributed by atoms with Crippen LogP contribution in [-0.4, -0.2) is 75.7 Å². The summed E-state index contributed by atoms with van der Waals surface area (Å²) in [6.07, 6.45) is -2.53. The molecule has 3 atom stereocenters. The Labute approximate surface area is 324 Å². The van der Waals surface area contributed by atoms with Gasteiger partial charge in [-0.3, -0.25) is 14.4 Å². The highest BCUT2D eigenvalue weighted by Crippen LogP contribution is 2.48. The Morgan fingerprint density at radius 2 is 1.64 bits per heavy atom. The lowest BCUT2D eigenvalue weighted by Crippen LogP contribution is -2.45. The predicted molar refractivity (Wildman–Crippen MR) is 199 cm³/mol. The fourth-order valence-corrected chi connectivity index (χ4v) is 6.23. The summed E-state index contributed by atoms with van der Waals surface area (Å²) >= 11 is 6.03. The van der Waals surface area contributed by atoms with Crippen LogP contribution in [0.5, 0.6) is 6.01 Å². The number of benzene rings is 3. The molecule has 1 heterocycles. The zero-order valence-electron chi connectivity index (χ0n) is 30.0. The highest BCUT2D eigenvalue weighted by molar-refractivity contribution is 6.35. The molecular formula is C38H38ClF3N8O6. The summed E-state index contributed by atoms with van der Waals surface area (Å²) in [6.45, 7) is 0.525. The molecule has 3 amide bonds. The number of aliphatic carboxylic acids is 1. The first-order valence-electron chi connectivity index (χ1n) is 17.7. The van der Waals surface area contributed by atoms with Crippen molar-refractivity contribution in [3.8, 4) is 6.01 Å². The van der Waals surface area contributed by atoms with E-state index in [1.807, 2.05) is 37.3 Å². The van der Waals surface area contributed by atoms with Gasteiger partial charge in [-0.05, 0) is 92.0 Å². The second-order valence-corrected chi connectivity index (χ2v) is 14.2. The number of carbonyl (C=O) groups is 4. The van der Waals surface area contributed by atoms with Crippen molar-refractivity contribution >= 4 is 52.9 Å². The first-order chi connectivity index (χ1) is 26.7. The largest absolute Gasteiger partial charge is 0.480 e. The van der Waals surface area contributed by atoms with Crippen LogP contribution in [0.15, 0.2) is 72.8 Å². The average Bonchev–Trinajstić information content (AvgIpc) is 4.09. The molecule has 2 aliphatic rings. The Balaban J connectivity index is 1.01. The molecule has 1 aromatic heterocycles. The van der Waals surface area contributed by atoms with Gasteiger partial charge < -0.3 is 36.4 Å². The quantitative estimate of drug-likeness (QED) is 0.0813. The molecule has 6 N–H and O–H groups in total. The molecular weight excluding hydrogens is 757 g/mol. The normalized spacial score (nSPS) is 17.2. The molecule has 56 heavy (non-hydrogen) atoms. The van der Waals surface area contributed by atoms with Gasteiger partial charge in [-0.15, -0.1) is 0 Å². The van der Waals surface area contributed by atoms with Crippen molar-refractivity contribution in [2.45, 2.75) is 56.3 Å². The lowest BCUT2D eigenvalue weighted by atomic mass is 10.1. The summed E-state index contributed by atoms with van der Waals surface area (Å²) < 4.78 is 43.7. The third-order valence-electron chi connectivity index (χ3n) is 9.33. The van der Waals surface area contributed by atoms with E-state index in [9.17, 15) is 37.5 Å². The summed E-state index contributed by atoms with van der Waals surface area (Å²) in [4.78, 5) is 61.8. The second kappa shape index (κ2) is 16.8. The van der Waals surface area contributed by atoms with Crippen LogP contribution in [0.2, 0.25) is 5.02 Å². The molecule has 0 bridgehead atoms. The van der Waals surface area contributed by atoms with Crippen LogP contribution in [-0.2, 0) is 19.9 Å². The molecule has 18 heteroatoms. The SMILES string of the molecule is Cc1cccc(C2CC2CNC(=O)C(=O)NCC[C@H](NC(=O)c2ccc(Nc3nc(NC4(c5ccc(Cl)cc5)CC4)nc(OCC(F)(F)F)n3)cc2)C(=O)O)c1. The van der Waals surface area contributed by atoms with Gasteiger partial charge in [0.05, 0.1) is 5.54 Å². The number of aromatic nitrogens is 3. The standard InChI is InChI=1S/C38H38ClF3N8O6/c1-21-3-2-4-23(17-21)28-18-24(28)19-44-32(53)31(52)43-16-13-29(33(54)55)46-30(51)22-5-11-27(12-6-22)45-34-47-35(49-36(48-34)56-20-38(40,41)42)50-37(14-15-37)25-7-9-26(39)10-8-25/h2-12,17,24,28-29H,13-16,18-20H2,1H3,(H,43,52)(H,44,53)(H,46,51)(H,54,55)(H2,45,47,48,49,50)/t24?,28?,29-/m0/s1. The predicted octanol–water partition coefficient (Wildman–Crippen LogP) is 5.23. The zero-order chi connectivity index (χ0) is 40.0. The first kappa shape index (κ1) is 39.7. The highest BCUT2D eigenvalue weighted by Gasteiger charge is 2.45. The molecule has 4 aromatic rings. The van der Waals surface area contributed by atoms with E-state index < -0.39 is 54.1 Å². The number of amides is 3. The highest BCUT2D eigenvalue weighted by atomic mass is 35.5. The number of aryl methyl sites for hydroxylation is 1. The molecule has 3 aromatic carbocycles. The molecule has 2 fully saturated rings. The Morgan fingerprint density at radius 1 is 0.946 bits per heavy atom. The maximum absolute atomic E-state index is 13.0. The monoisotopic (exact) mass is 794 g/mol. The average molecular weight is 795 g/mol. The van der Waals surface area contributed by atoms with E-state index in [2.05, 4.69) is 47.6 Å². The van der Waals surface area contributed by atoms with E-state index in [-0.39, 0.29) is 36.3 Å². The van der Waals surface area contributed by atoms with Crippen LogP contribution in [0.3, 0.4) is 0 Å². The van der Waals surface area contributed by atoms with Crippen molar-refractivity contribution in [2.75, 3.05) is 30.3 Å². The second-order valence-electron chi connectivity index (χ2n) is 13.7. The van der Waals surface area contributed by atoms with Gasteiger partial charge in [0.2, 0.25) is 11.9 Å². The molecule has 2 unspecified atom stereocenters. The lowest BCUT2D eigenvalue weighted by Gasteiger charge is -2.19. The number of alkyl halides is 3. The van der Waals surface area contributed by atoms with E-state index in [1.165, 1.54) is 29.8 Å². The van der Waals surface area contributed by atoms with E-state index in [0.717, 1.165) is 17.5 Å². The first-order valence-corrected chi connectivity index (χ1v) is 18.1. The minimum absolute atomic E-state index is 0.0371. The summed E-state index contributed by atoms with van der Waals surface area (Å²) in [6, 6.07) is 19.0. The van der Waals surface area contributed by atoms with Crippen molar-refractivity contribution in [1.82, 2.24) is 30.9 Å². The maximum Gasteiger partial charge on any atom is 0.422 e. The van der Waals surface area contributed by atoms with E-state index in [0.29, 0.717) is 36.0 Å². The Kier molecular flexibility index (Phi) is 11.9. The van der Waals surface area contributed by atoms with E-state index in [1.54, 1.807) is 12.1 Å². The fraction of sp³-hybridized carbons (Fsp3) is 0.342. The molecule has 294 valence electrons. The number of nitrogens with one attached hydrogen (secondary N) is 5. The number of carbonyl (C=O) groups excluding carboxylic acids is 3. The number of hydrogen-bond donors (Lipinski definition) is 6. The number of halogens is 4. The number of carboxylic acids is 1. The summed E-state index contributed by atoms with van der Waals surface area (Å²) in [5, 5.41) is 23.7. The van der Waals surface area contributed by atoms with Crippen LogP contribution >= 0.6 is 11.6 Å². The Bertz CT molecular complexity index is 2080. The summed E-state index contributed by atoms with van der Waals surface area (Å²) in [7, 11) is 0. The Hall–Kier alpha value is -5.97.